The molecule has 0 spiro atoms. The van der Waals surface area contributed by atoms with Gasteiger partial charge in [-0.05, 0) is 24.6 Å². The number of carbonyl (C=O) groups is 1. The van der Waals surface area contributed by atoms with Crippen molar-refractivity contribution in [3.05, 3.63) is 53.6 Å². The molecular formula is C18H17N3O2. The van der Waals surface area contributed by atoms with Crippen LogP contribution in [-0.4, -0.2) is 18.6 Å². The predicted octanol–water partition coefficient (Wildman–Crippen LogP) is 2.44. The van der Waals surface area contributed by atoms with Gasteiger partial charge >= 0.3 is 0 Å². The van der Waals surface area contributed by atoms with E-state index in [1.165, 1.54) is 4.90 Å². The van der Waals surface area contributed by atoms with E-state index in [2.05, 4.69) is 0 Å². The number of rotatable bonds is 3. The molecule has 1 aliphatic heterocycles. The fourth-order valence-electron chi connectivity index (χ4n) is 2.65. The fourth-order valence-corrected chi connectivity index (χ4v) is 2.65. The number of ether oxygens (including phenoxy) is 1. The molecule has 2 N–H and O–H groups in total. The van der Waals surface area contributed by atoms with Crippen LogP contribution in [0.1, 0.15) is 11.1 Å². The Kier molecular flexibility index (Phi) is 3.90. The summed E-state index contributed by atoms with van der Waals surface area (Å²) in [5, 5.41) is 9.01. The molecule has 3 rings (SSSR count). The van der Waals surface area contributed by atoms with Gasteiger partial charge < -0.3 is 10.5 Å². The van der Waals surface area contributed by atoms with E-state index in [0.29, 0.717) is 23.5 Å². The summed E-state index contributed by atoms with van der Waals surface area (Å²) in [6.07, 6.45) is -0.199. The number of nitriles is 1. The molecule has 1 amide bonds. The van der Waals surface area contributed by atoms with Gasteiger partial charge in [0.05, 0.1) is 11.8 Å². The normalized spacial score (nSPS) is 16.4. The van der Waals surface area contributed by atoms with Crippen molar-refractivity contribution in [2.75, 3.05) is 17.2 Å². The Morgan fingerprint density at radius 3 is 2.70 bits per heavy atom. The summed E-state index contributed by atoms with van der Waals surface area (Å²) >= 11 is 0. The number of anilines is 2. The van der Waals surface area contributed by atoms with Crippen LogP contribution in [0.25, 0.3) is 0 Å². The topological polar surface area (TPSA) is 79.3 Å². The maximum Gasteiger partial charge on any atom is 0.269 e. The Balaban J connectivity index is 1.92. The number of carbonyl (C=O) groups excluding carboxylic acids is 1. The second-order valence-electron chi connectivity index (χ2n) is 5.61. The molecule has 1 atom stereocenters. The smallest absolute Gasteiger partial charge is 0.269 e. The van der Waals surface area contributed by atoms with Crippen molar-refractivity contribution in [3.8, 4) is 11.8 Å². The third-order valence-electron chi connectivity index (χ3n) is 3.86. The average molecular weight is 307 g/mol. The third-order valence-corrected chi connectivity index (χ3v) is 3.86. The van der Waals surface area contributed by atoms with Gasteiger partial charge in [0, 0.05) is 18.2 Å². The molecule has 1 aliphatic rings. The molecule has 2 aromatic rings. The van der Waals surface area contributed by atoms with E-state index in [9.17, 15) is 4.79 Å². The van der Waals surface area contributed by atoms with E-state index in [-0.39, 0.29) is 12.5 Å². The molecule has 0 bridgehead atoms. The summed E-state index contributed by atoms with van der Waals surface area (Å²) in [4.78, 5) is 14.1. The summed E-state index contributed by atoms with van der Waals surface area (Å²) in [6, 6.07) is 15.1. The van der Waals surface area contributed by atoms with Gasteiger partial charge in [-0.15, -0.1) is 0 Å². The zero-order chi connectivity index (χ0) is 16.4. The fraction of sp³-hybridized carbons (Fsp3) is 0.222. The minimum absolute atomic E-state index is 0.0104. The number of hydrogen-bond acceptors (Lipinski definition) is 4. The Morgan fingerprint density at radius 1 is 1.26 bits per heavy atom. The van der Waals surface area contributed by atoms with Gasteiger partial charge in [-0.1, -0.05) is 29.8 Å². The van der Waals surface area contributed by atoms with E-state index in [0.717, 1.165) is 11.1 Å². The minimum atomic E-state index is -0.652. The lowest BCUT2D eigenvalue weighted by Crippen LogP contribution is -2.47. The van der Waals surface area contributed by atoms with Crippen LogP contribution in [-0.2, 0) is 11.2 Å². The van der Waals surface area contributed by atoms with Gasteiger partial charge in [0.25, 0.3) is 5.91 Å². The van der Waals surface area contributed by atoms with Crippen molar-refractivity contribution in [3.63, 3.8) is 0 Å². The molecule has 0 saturated carbocycles. The SMILES string of the molecule is Cc1ccc(CC2Oc3cc(N)ccc3N(CC#N)C2=O)cc1. The van der Waals surface area contributed by atoms with Crippen molar-refractivity contribution in [1.29, 1.82) is 5.26 Å². The van der Waals surface area contributed by atoms with E-state index >= 15 is 0 Å². The maximum atomic E-state index is 12.7. The molecule has 2 aromatic carbocycles. The second-order valence-corrected chi connectivity index (χ2v) is 5.61. The van der Waals surface area contributed by atoms with Gasteiger partial charge in [-0.25, -0.2) is 0 Å². The highest BCUT2D eigenvalue weighted by Crippen LogP contribution is 2.36. The van der Waals surface area contributed by atoms with Crippen LogP contribution in [0.3, 0.4) is 0 Å². The van der Waals surface area contributed by atoms with E-state index in [4.69, 9.17) is 15.7 Å². The highest BCUT2D eigenvalue weighted by molar-refractivity contribution is 6.00. The Labute approximate surface area is 134 Å². The van der Waals surface area contributed by atoms with Gasteiger partial charge in [0.2, 0.25) is 0 Å². The molecule has 0 aromatic heterocycles. The molecule has 1 heterocycles. The Morgan fingerprint density at radius 2 is 2.00 bits per heavy atom. The van der Waals surface area contributed by atoms with Crippen molar-refractivity contribution in [2.24, 2.45) is 0 Å². The molecular weight excluding hydrogens is 290 g/mol. The van der Waals surface area contributed by atoms with Gasteiger partial charge in [0.1, 0.15) is 12.3 Å². The maximum absolute atomic E-state index is 12.7. The van der Waals surface area contributed by atoms with Crippen LogP contribution >= 0.6 is 0 Å². The number of amides is 1. The zero-order valence-corrected chi connectivity index (χ0v) is 12.8. The quantitative estimate of drug-likeness (QED) is 0.697. The first-order valence-electron chi connectivity index (χ1n) is 7.38. The first-order valence-corrected chi connectivity index (χ1v) is 7.38. The molecule has 23 heavy (non-hydrogen) atoms. The zero-order valence-electron chi connectivity index (χ0n) is 12.8. The lowest BCUT2D eigenvalue weighted by atomic mass is 10.0. The highest BCUT2D eigenvalue weighted by Gasteiger charge is 2.34. The standard InChI is InChI=1S/C18H17N3O2/c1-12-2-4-13(5-3-12)10-17-18(22)21(9-8-19)15-7-6-14(20)11-16(15)23-17/h2-7,11,17H,9-10,20H2,1H3. The third kappa shape index (κ3) is 2.97. The molecule has 0 saturated heterocycles. The highest BCUT2D eigenvalue weighted by atomic mass is 16.5. The van der Waals surface area contributed by atoms with Gasteiger partial charge in [-0.2, -0.15) is 5.26 Å². The first kappa shape index (κ1) is 14.9. The lowest BCUT2D eigenvalue weighted by Gasteiger charge is -2.33. The largest absolute Gasteiger partial charge is 0.478 e. The summed E-state index contributed by atoms with van der Waals surface area (Å²) in [5.41, 5.74) is 9.12. The summed E-state index contributed by atoms with van der Waals surface area (Å²) < 4.78 is 5.86. The van der Waals surface area contributed by atoms with Crippen LogP contribution in [0.4, 0.5) is 11.4 Å². The Bertz CT molecular complexity index is 778. The number of benzene rings is 2. The van der Waals surface area contributed by atoms with Crippen LogP contribution in [0.5, 0.6) is 5.75 Å². The van der Waals surface area contributed by atoms with Crippen LogP contribution in [0.15, 0.2) is 42.5 Å². The van der Waals surface area contributed by atoms with Crippen molar-refractivity contribution >= 4 is 17.3 Å². The number of nitrogens with zero attached hydrogens (tertiary/aromatic N) is 2. The molecule has 0 radical (unpaired) electrons. The van der Waals surface area contributed by atoms with E-state index < -0.39 is 6.10 Å². The van der Waals surface area contributed by atoms with E-state index in [1.807, 2.05) is 37.3 Å². The lowest BCUT2D eigenvalue weighted by molar-refractivity contribution is -0.126. The molecule has 116 valence electrons. The molecule has 1 unspecified atom stereocenters. The van der Waals surface area contributed by atoms with Crippen LogP contribution in [0.2, 0.25) is 0 Å². The molecule has 0 fully saturated rings. The van der Waals surface area contributed by atoms with Crippen LogP contribution in [0, 0.1) is 18.3 Å². The van der Waals surface area contributed by atoms with Crippen molar-refractivity contribution < 1.29 is 9.53 Å². The number of aryl methyl sites for hydroxylation is 1. The predicted molar refractivity (Wildman–Crippen MR) is 88.1 cm³/mol. The Hall–Kier alpha value is -3.00. The average Bonchev–Trinajstić information content (AvgIpc) is 2.53. The van der Waals surface area contributed by atoms with Crippen LogP contribution < -0.4 is 15.4 Å². The van der Waals surface area contributed by atoms with Gasteiger partial charge in [0.15, 0.2) is 6.10 Å². The van der Waals surface area contributed by atoms with Crippen molar-refractivity contribution in [1.82, 2.24) is 0 Å². The van der Waals surface area contributed by atoms with Crippen molar-refractivity contribution in [2.45, 2.75) is 19.4 Å². The monoisotopic (exact) mass is 307 g/mol. The second kappa shape index (κ2) is 6.01. The summed E-state index contributed by atoms with van der Waals surface area (Å²) in [7, 11) is 0. The first-order chi connectivity index (χ1) is 11.1. The molecule has 5 heteroatoms. The number of nitrogen functional groups attached to an aromatic ring is 1. The summed E-state index contributed by atoms with van der Waals surface area (Å²) in [5.74, 6) is 0.335. The van der Waals surface area contributed by atoms with E-state index in [1.54, 1.807) is 18.2 Å². The number of nitrogens with two attached hydrogens (primary N) is 1. The minimum Gasteiger partial charge on any atom is -0.478 e. The van der Waals surface area contributed by atoms with Gasteiger partial charge in [-0.3, -0.25) is 9.69 Å². The molecule has 5 nitrogen and oxygen atoms in total. The number of fused-ring (bicyclic) bond motifs is 1. The number of hydrogen-bond donors (Lipinski definition) is 1. The molecule has 0 aliphatic carbocycles. The summed E-state index contributed by atoms with van der Waals surface area (Å²) in [6.45, 7) is 2.00.